The lowest BCUT2D eigenvalue weighted by Crippen LogP contribution is -2.29. The zero-order chi connectivity index (χ0) is 14.2. The Bertz CT molecular complexity index is 513. The second-order valence-electron chi connectivity index (χ2n) is 5.00. The quantitative estimate of drug-likeness (QED) is 0.840. The fourth-order valence-electron chi connectivity index (χ4n) is 2.18. The van der Waals surface area contributed by atoms with Gasteiger partial charge in [0.1, 0.15) is 5.75 Å². The molecule has 2 aromatic rings. The topological polar surface area (TPSA) is 34.1 Å². The van der Waals surface area contributed by atoms with Crippen LogP contribution in [-0.4, -0.2) is 24.7 Å². The summed E-state index contributed by atoms with van der Waals surface area (Å²) in [7, 11) is 2.00. The van der Waals surface area contributed by atoms with Crippen LogP contribution in [0.3, 0.4) is 0 Å². The molecule has 1 heterocycles. The lowest BCUT2D eigenvalue weighted by molar-refractivity contribution is 0.288. The monoisotopic (exact) mass is 270 g/mol. The summed E-state index contributed by atoms with van der Waals surface area (Å²) >= 11 is 0. The molecule has 2 rings (SSSR count). The Morgan fingerprint density at radius 2 is 2.00 bits per heavy atom. The smallest absolute Gasteiger partial charge is 0.119 e. The standard InChI is InChI=1S/C17H22N2O/c1-14-4-3-5-17(12-14)20-11-8-16(18-2)13-15-6-9-19-10-7-15/h3-7,9-10,12,16,18H,8,11,13H2,1-2H3. The Labute approximate surface area is 121 Å². The van der Waals surface area contributed by atoms with Crippen molar-refractivity contribution in [2.45, 2.75) is 25.8 Å². The molecule has 0 bridgehead atoms. The molecular weight excluding hydrogens is 248 g/mol. The summed E-state index contributed by atoms with van der Waals surface area (Å²) < 4.78 is 5.80. The summed E-state index contributed by atoms with van der Waals surface area (Å²) in [6, 6.07) is 12.7. The van der Waals surface area contributed by atoms with Crippen molar-refractivity contribution in [2.75, 3.05) is 13.7 Å². The van der Waals surface area contributed by atoms with E-state index < -0.39 is 0 Å². The Morgan fingerprint density at radius 1 is 1.20 bits per heavy atom. The van der Waals surface area contributed by atoms with Gasteiger partial charge in [0, 0.05) is 18.4 Å². The SMILES string of the molecule is CNC(CCOc1cccc(C)c1)Cc1ccncc1. The van der Waals surface area contributed by atoms with Gasteiger partial charge in [-0.2, -0.15) is 0 Å². The number of rotatable bonds is 7. The van der Waals surface area contributed by atoms with Gasteiger partial charge in [0.25, 0.3) is 0 Å². The van der Waals surface area contributed by atoms with E-state index in [-0.39, 0.29) is 0 Å². The zero-order valence-electron chi connectivity index (χ0n) is 12.2. The molecule has 1 aromatic carbocycles. The van der Waals surface area contributed by atoms with Crippen molar-refractivity contribution in [3.8, 4) is 5.75 Å². The normalized spacial score (nSPS) is 12.1. The Morgan fingerprint density at radius 3 is 2.70 bits per heavy atom. The summed E-state index contributed by atoms with van der Waals surface area (Å²) in [5.41, 5.74) is 2.53. The molecule has 1 unspecified atom stereocenters. The van der Waals surface area contributed by atoms with Crippen molar-refractivity contribution in [2.24, 2.45) is 0 Å². The fraction of sp³-hybridized carbons (Fsp3) is 0.353. The molecule has 20 heavy (non-hydrogen) atoms. The van der Waals surface area contributed by atoms with Gasteiger partial charge in [-0.25, -0.2) is 0 Å². The number of nitrogens with zero attached hydrogens (tertiary/aromatic N) is 1. The van der Waals surface area contributed by atoms with Crippen LogP contribution in [0.1, 0.15) is 17.5 Å². The number of pyridine rings is 1. The third-order valence-electron chi connectivity index (χ3n) is 3.36. The largest absolute Gasteiger partial charge is 0.494 e. The van der Waals surface area contributed by atoms with Crippen LogP contribution in [0.2, 0.25) is 0 Å². The number of hydrogen-bond donors (Lipinski definition) is 1. The Hall–Kier alpha value is -1.87. The van der Waals surface area contributed by atoms with Crippen molar-refractivity contribution in [1.29, 1.82) is 0 Å². The van der Waals surface area contributed by atoms with Crippen LogP contribution in [0.4, 0.5) is 0 Å². The average molecular weight is 270 g/mol. The first-order valence-electron chi connectivity index (χ1n) is 7.03. The number of aryl methyl sites for hydroxylation is 1. The molecule has 0 amide bonds. The van der Waals surface area contributed by atoms with Gasteiger partial charge in [-0.15, -0.1) is 0 Å². The molecule has 0 aliphatic heterocycles. The molecule has 0 saturated carbocycles. The van der Waals surface area contributed by atoms with Gasteiger partial charge in [-0.05, 0) is 62.2 Å². The third kappa shape index (κ3) is 4.67. The van der Waals surface area contributed by atoms with Gasteiger partial charge in [0.05, 0.1) is 6.61 Å². The molecule has 1 atom stereocenters. The minimum Gasteiger partial charge on any atom is -0.494 e. The van der Waals surface area contributed by atoms with Gasteiger partial charge in [-0.1, -0.05) is 12.1 Å². The third-order valence-corrected chi connectivity index (χ3v) is 3.36. The van der Waals surface area contributed by atoms with Crippen LogP contribution >= 0.6 is 0 Å². The van der Waals surface area contributed by atoms with Crippen LogP contribution in [0.25, 0.3) is 0 Å². The number of hydrogen-bond acceptors (Lipinski definition) is 3. The minimum absolute atomic E-state index is 0.419. The summed E-state index contributed by atoms with van der Waals surface area (Å²) in [4.78, 5) is 4.04. The summed E-state index contributed by atoms with van der Waals surface area (Å²) in [6.45, 7) is 2.80. The zero-order valence-corrected chi connectivity index (χ0v) is 12.2. The van der Waals surface area contributed by atoms with E-state index in [4.69, 9.17) is 4.74 Å². The van der Waals surface area contributed by atoms with Gasteiger partial charge >= 0.3 is 0 Å². The van der Waals surface area contributed by atoms with Crippen molar-refractivity contribution in [1.82, 2.24) is 10.3 Å². The maximum Gasteiger partial charge on any atom is 0.119 e. The van der Waals surface area contributed by atoms with Crippen molar-refractivity contribution < 1.29 is 4.74 Å². The second-order valence-corrected chi connectivity index (χ2v) is 5.00. The number of benzene rings is 1. The van der Waals surface area contributed by atoms with Crippen LogP contribution in [-0.2, 0) is 6.42 Å². The number of nitrogens with one attached hydrogen (secondary N) is 1. The molecule has 1 aromatic heterocycles. The summed E-state index contributed by atoms with van der Waals surface area (Å²) in [5.74, 6) is 0.948. The number of ether oxygens (including phenoxy) is 1. The lowest BCUT2D eigenvalue weighted by atomic mass is 10.1. The number of aromatic nitrogens is 1. The lowest BCUT2D eigenvalue weighted by Gasteiger charge is -2.16. The molecule has 0 saturated heterocycles. The molecular formula is C17H22N2O. The maximum atomic E-state index is 5.80. The van der Waals surface area contributed by atoms with E-state index in [1.165, 1.54) is 11.1 Å². The summed E-state index contributed by atoms with van der Waals surface area (Å²) in [5, 5.41) is 3.35. The average Bonchev–Trinajstić information content (AvgIpc) is 2.47. The van der Waals surface area contributed by atoms with E-state index in [2.05, 4.69) is 41.5 Å². The molecule has 3 heteroatoms. The van der Waals surface area contributed by atoms with Crippen molar-refractivity contribution >= 4 is 0 Å². The highest BCUT2D eigenvalue weighted by Crippen LogP contribution is 2.13. The molecule has 3 nitrogen and oxygen atoms in total. The van der Waals surface area contributed by atoms with Gasteiger partial charge in [0.15, 0.2) is 0 Å². The van der Waals surface area contributed by atoms with E-state index in [0.29, 0.717) is 6.04 Å². The molecule has 0 spiro atoms. The number of likely N-dealkylation sites (N-methyl/N-ethyl adjacent to an activating group) is 1. The molecule has 1 N–H and O–H groups in total. The van der Waals surface area contributed by atoms with Crippen LogP contribution in [0, 0.1) is 6.92 Å². The Balaban J connectivity index is 1.79. The highest BCUT2D eigenvalue weighted by atomic mass is 16.5. The van der Waals surface area contributed by atoms with Crippen molar-refractivity contribution in [3.63, 3.8) is 0 Å². The molecule has 0 fully saturated rings. The van der Waals surface area contributed by atoms with Crippen LogP contribution < -0.4 is 10.1 Å². The predicted octanol–water partition coefficient (Wildman–Crippen LogP) is 2.99. The molecule has 0 radical (unpaired) electrons. The molecule has 0 aliphatic carbocycles. The van der Waals surface area contributed by atoms with Gasteiger partial charge in [-0.3, -0.25) is 4.98 Å². The van der Waals surface area contributed by atoms with E-state index in [9.17, 15) is 0 Å². The highest BCUT2D eigenvalue weighted by molar-refractivity contribution is 5.27. The first kappa shape index (κ1) is 14.5. The summed E-state index contributed by atoms with van der Waals surface area (Å²) in [6.07, 6.45) is 5.65. The first-order chi connectivity index (χ1) is 9.78. The van der Waals surface area contributed by atoms with E-state index in [1.54, 1.807) is 0 Å². The second kappa shape index (κ2) is 7.65. The molecule has 106 valence electrons. The highest BCUT2D eigenvalue weighted by Gasteiger charge is 2.07. The van der Waals surface area contributed by atoms with E-state index >= 15 is 0 Å². The predicted molar refractivity (Wildman–Crippen MR) is 82.1 cm³/mol. The Kier molecular flexibility index (Phi) is 5.56. The van der Waals surface area contributed by atoms with Gasteiger partial charge in [0.2, 0.25) is 0 Å². The van der Waals surface area contributed by atoms with Gasteiger partial charge < -0.3 is 10.1 Å². The van der Waals surface area contributed by atoms with Crippen LogP contribution in [0.5, 0.6) is 5.75 Å². The minimum atomic E-state index is 0.419. The maximum absolute atomic E-state index is 5.80. The van der Waals surface area contributed by atoms with E-state index in [1.807, 2.05) is 31.6 Å². The fourth-order valence-corrected chi connectivity index (χ4v) is 2.18. The van der Waals surface area contributed by atoms with E-state index in [0.717, 1.165) is 25.2 Å². The van der Waals surface area contributed by atoms with Crippen molar-refractivity contribution in [3.05, 3.63) is 59.9 Å². The first-order valence-corrected chi connectivity index (χ1v) is 7.03. The van der Waals surface area contributed by atoms with Crippen LogP contribution in [0.15, 0.2) is 48.8 Å². The molecule has 0 aliphatic rings.